The van der Waals surface area contributed by atoms with Crippen molar-refractivity contribution in [1.82, 2.24) is 5.32 Å². The summed E-state index contributed by atoms with van der Waals surface area (Å²) in [6.07, 6.45) is 0.758. The van der Waals surface area contributed by atoms with Crippen LogP contribution in [0.4, 0.5) is 0 Å². The second-order valence-electron chi connectivity index (χ2n) is 3.77. The summed E-state index contributed by atoms with van der Waals surface area (Å²) in [4.78, 5) is 22.0. The van der Waals surface area contributed by atoms with Gasteiger partial charge in [0.2, 0.25) is 0 Å². The fourth-order valence-electron chi connectivity index (χ4n) is 1.47. The van der Waals surface area contributed by atoms with E-state index in [2.05, 4.69) is 5.32 Å². The van der Waals surface area contributed by atoms with Crippen molar-refractivity contribution in [2.75, 3.05) is 18.1 Å². The minimum absolute atomic E-state index is 0.0513. The molecule has 0 aliphatic carbocycles. The number of aryl methyl sites for hydroxylation is 2. The monoisotopic (exact) mass is 271 g/mol. The van der Waals surface area contributed by atoms with Gasteiger partial charge in [-0.05, 0) is 18.6 Å². The van der Waals surface area contributed by atoms with Crippen LogP contribution in [0.2, 0.25) is 0 Å². The van der Waals surface area contributed by atoms with E-state index in [1.165, 1.54) is 11.8 Å². The number of carboxylic acids is 1. The van der Waals surface area contributed by atoms with Gasteiger partial charge in [-0.15, -0.1) is 11.8 Å². The van der Waals surface area contributed by atoms with Crippen LogP contribution in [0.1, 0.15) is 28.8 Å². The SMILES string of the molecule is CCc1oc(C(=O)NCCSCC(=O)O)cc1C. The van der Waals surface area contributed by atoms with Gasteiger partial charge in [0.05, 0.1) is 5.75 Å². The van der Waals surface area contributed by atoms with E-state index in [9.17, 15) is 9.59 Å². The Morgan fingerprint density at radius 2 is 2.22 bits per heavy atom. The molecule has 6 heteroatoms. The molecule has 2 N–H and O–H groups in total. The summed E-state index contributed by atoms with van der Waals surface area (Å²) in [6.45, 7) is 4.30. The van der Waals surface area contributed by atoms with E-state index in [0.717, 1.165) is 17.7 Å². The number of carboxylic acid groups (broad SMARTS) is 1. The van der Waals surface area contributed by atoms with Crippen molar-refractivity contribution in [3.05, 3.63) is 23.2 Å². The second kappa shape index (κ2) is 7.10. The van der Waals surface area contributed by atoms with Gasteiger partial charge in [0.25, 0.3) is 5.91 Å². The summed E-state index contributed by atoms with van der Waals surface area (Å²) in [6, 6.07) is 1.72. The molecule has 5 nitrogen and oxygen atoms in total. The zero-order chi connectivity index (χ0) is 13.5. The molecule has 0 saturated heterocycles. The second-order valence-corrected chi connectivity index (χ2v) is 4.88. The van der Waals surface area contributed by atoms with E-state index >= 15 is 0 Å². The van der Waals surface area contributed by atoms with Crippen molar-refractivity contribution in [1.29, 1.82) is 0 Å². The van der Waals surface area contributed by atoms with Crippen LogP contribution in [0.3, 0.4) is 0 Å². The van der Waals surface area contributed by atoms with Crippen molar-refractivity contribution < 1.29 is 19.1 Å². The van der Waals surface area contributed by atoms with Gasteiger partial charge in [0.15, 0.2) is 5.76 Å². The van der Waals surface area contributed by atoms with Crippen LogP contribution in [-0.2, 0) is 11.2 Å². The molecule has 0 radical (unpaired) electrons. The first kappa shape index (κ1) is 14.6. The number of amides is 1. The normalized spacial score (nSPS) is 10.3. The average Bonchev–Trinajstić information content (AvgIpc) is 2.69. The molecule has 0 atom stereocenters. The molecule has 0 aliphatic heterocycles. The molecule has 0 bridgehead atoms. The molecule has 1 aromatic heterocycles. The van der Waals surface area contributed by atoms with Gasteiger partial charge in [0.1, 0.15) is 5.76 Å². The summed E-state index contributed by atoms with van der Waals surface area (Å²) >= 11 is 1.27. The summed E-state index contributed by atoms with van der Waals surface area (Å²) in [5, 5.41) is 11.1. The van der Waals surface area contributed by atoms with E-state index in [1.807, 2.05) is 13.8 Å². The van der Waals surface area contributed by atoms with Crippen LogP contribution in [0.15, 0.2) is 10.5 Å². The van der Waals surface area contributed by atoms with Gasteiger partial charge in [0, 0.05) is 18.7 Å². The lowest BCUT2D eigenvalue weighted by Gasteiger charge is -2.01. The van der Waals surface area contributed by atoms with Gasteiger partial charge < -0.3 is 14.8 Å². The van der Waals surface area contributed by atoms with Crippen molar-refractivity contribution in [3.63, 3.8) is 0 Å². The quantitative estimate of drug-likeness (QED) is 0.738. The highest BCUT2D eigenvalue weighted by Gasteiger charge is 2.12. The Balaban J connectivity index is 2.34. The molecular weight excluding hydrogens is 254 g/mol. The highest BCUT2D eigenvalue weighted by atomic mass is 32.2. The molecule has 1 rings (SSSR count). The Labute approximate surface area is 110 Å². The molecule has 0 aliphatic rings. The fourth-order valence-corrected chi connectivity index (χ4v) is 2.03. The minimum atomic E-state index is -0.847. The summed E-state index contributed by atoms with van der Waals surface area (Å²) < 4.78 is 5.41. The molecule has 0 fully saturated rings. The van der Waals surface area contributed by atoms with Crippen molar-refractivity contribution in [2.45, 2.75) is 20.3 Å². The number of aliphatic carboxylic acids is 1. The first-order valence-electron chi connectivity index (χ1n) is 5.71. The van der Waals surface area contributed by atoms with E-state index < -0.39 is 5.97 Å². The smallest absolute Gasteiger partial charge is 0.313 e. The molecule has 1 amide bonds. The number of furan rings is 1. The number of hydrogen-bond donors (Lipinski definition) is 2. The van der Waals surface area contributed by atoms with Gasteiger partial charge in [-0.1, -0.05) is 6.92 Å². The Morgan fingerprint density at radius 1 is 1.50 bits per heavy atom. The van der Waals surface area contributed by atoms with Crippen LogP contribution in [0.25, 0.3) is 0 Å². The predicted octanol–water partition coefficient (Wildman–Crippen LogP) is 1.70. The Bertz CT molecular complexity index is 428. The third-order valence-corrected chi connectivity index (χ3v) is 3.27. The number of nitrogens with one attached hydrogen (secondary N) is 1. The van der Waals surface area contributed by atoms with Gasteiger partial charge in [-0.3, -0.25) is 9.59 Å². The number of carbonyl (C=O) groups excluding carboxylic acids is 1. The number of thioether (sulfide) groups is 1. The molecule has 1 aromatic rings. The summed E-state index contributed by atoms with van der Waals surface area (Å²) in [5.74, 6) is 0.649. The van der Waals surface area contributed by atoms with Crippen LogP contribution >= 0.6 is 11.8 Å². The zero-order valence-electron chi connectivity index (χ0n) is 10.5. The Kier molecular flexibility index (Phi) is 5.77. The van der Waals surface area contributed by atoms with Crippen LogP contribution in [-0.4, -0.2) is 35.0 Å². The third-order valence-electron chi connectivity index (χ3n) is 2.32. The van der Waals surface area contributed by atoms with Crippen molar-refractivity contribution in [2.24, 2.45) is 0 Å². The van der Waals surface area contributed by atoms with E-state index in [0.29, 0.717) is 18.1 Å². The van der Waals surface area contributed by atoms with Crippen LogP contribution in [0, 0.1) is 6.92 Å². The van der Waals surface area contributed by atoms with E-state index in [4.69, 9.17) is 9.52 Å². The summed E-state index contributed by atoms with van der Waals surface area (Å²) in [7, 11) is 0. The molecule has 0 aromatic carbocycles. The lowest BCUT2D eigenvalue weighted by molar-refractivity contribution is -0.133. The highest BCUT2D eigenvalue weighted by Crippen LogP contribution is 2.14. The predicted molar refractivity (Wildman–Crippen MR) is 70.1 cm³/mol. The number of rotatable bonds is 7. The number of carbonyl (C=O) groups is 2. The topological polar surface area (TPSA) is 79.5 Å². The molecule has 0 spiro atoms. The molecule has 100 valence electrons. The molecular formula is C12H17NO4S. The molecule has 0 saturated carbocycles. The van der Waals surface area contributed by atoms with Crippen molar-refractivity contribution >= 4 is 23.6 Å². The largest absolute Gasteiger partial charge is 0.481 e. The van der Waals surface area contributed by atoms with Gasteiger partial charge >= 0.3 is 5.97 Å². The first-order valence-corrected chi connectivity index (χ1v) is 6.87. The van der Waals surface area contributed by atoms with Gasteiger partial charge in [-0.2, -0.15) is 0 Å². The average molecular weight is 271 g/mol. The minimum Gasteiger partial charge on any atom is -0.481 e. The van der Waals surface area contributed by atoms with E-state index in [-0.39, 0.29) is 11.7 Å². The zero-order valence-corrected chi connectivity index (χ0v) is 11.3. The molecule has 0 unspecified atom stereocenters. The lowest BCUT2D eigenvalue weighted by atomic mass is 10.2. The molecule has 18 heavy (non-hydrogen) atoms. The van der Waals surface area contributed by atoms with E-state index in [1.54, 1.807) is 6.07 Å². The Hall–Kier alpha value is -1.43. The van der Waals surface area contributed by atoms with Crippen molar-refractivity contribution in [3.8, 4) is 0 Å². The van der Waals surface area contributed by atoms with Gasteiger partial charge in [-0.25, -0.2) is 0 Å². The molecule has 1 heterocycles. The maximum absolute atomic E-state index is 11.7. The summed E-state index contributed by atoms with van der Waals surface area (Å²) in [5.41, 5.74) is 0.975. The maximum atomic E-state index is 11.7. The first-order chi connectivity index (χ1) is 8.54. The fraction of sp³-hybridized carbons (Fsp3) is 0.500. The van der Waals surface area contributed by atoms with Crippen LogP contribution in [0.5, 0.6) is 0 Å². The lowest BCUT2D eigenvalue weighted by Crippen LogP contribution is -2.25. The number of hydrogen-bond acceptors (Lipinski definition) is 4. The maximum Gasteiger partial charge on any atom is 0.313 e. The highest BCUT2D eigenvalue weighted by molar-refractivity contribution is 7.99. The Morgan fingerprint density at radius 3 is 2.78 bits per heavy atom. The third kappa shape index (κ3) is 4.44. The van der Waals surface area contributed by atoms with Crippen LogP contribution < -0.4 is 5.32 Å². The standard InChI is InChI=1S/C12H17NO4S/c1-3-9-8(2)6-10(17-9)12(16)13-4-5-18-7-11(14)15/h6H,3-5,7H2,1-2H3,(H,13,16)(H,14,15).